The average molecular weight is 168 g/mol. The third-order valence-electron chi connectivity index (χ3n) is 1.20. The lowest BCUT2D eigenvalue weighted by molar-refractivity contribution is 0.0982. The molecule has 1 aromatic rings. The van der Waals surface area contributed by atoms with E-state index < -0.39 is 8.61 Å². The zero-order chi connectivity index (χ0) is 8.10. The molecule has 0 heterocycles. The number of amides is 1. The monoisotopic (exact) mass is 168 g/mol. The number of hydrogen-bond donors (Lipinski definition) is 1. The first-order valence-corrected chi connectivity index (χ1v) is 3.98. The van der Waals surface area contributed by atoms with Crippen LogP contribution in [0.1, 0.15) is 10.4 Å². The van der Waals surface area contributed by atoms with Crippen LogP contribution in [0, 0.1) is 0 Å². The second-order valence-electron chi connectivity index (χ2n) is 1.92. The lowest BCUT2D eigenvalue weighted by Crippen LogP contribution is -2.11. The molecule has 0 aliphatic rings. The molecule has 1 atom stereocenters. The van der Waals surface area contributed by atoms with E-state index in [-0.39, 0.29) is 5.91 Å². The third-order valence-corrected chi connectivity index (χ3v) is 1.53. The van der Waals surface area contributed by atoms with Gasteiger partial charge in [-0.2, -0.15) is 0 Å². The van der Waals surface area contributed by atoms with Crippen molar-refractivity contribution in [1.29, 1.82) is 0 Å². The van der Waals surface area contributed by atoms with Gasteiger partial charge >= 0.3 is 8.61 Å². The standard InChI is InChI=1S/C7H6NO2P/c9-7(8-11-10)6-4-2-1-3-5-6/h1-5H,(H,8,9,10)/p+1. The van der Waals surface area contributed by atoms with Crippen LogP contribution in [0.4, 0.5) is 0 Å². The van der Waals surface area contributed by atoms with Gasteiger partial charge in [-0.05, 0) is 16.7 Å². The molecule has 11 heavy (non-hydrogen) atoms. The highest BCUT2D eigenvalue weighted by Gasteiger charge is 2.05. The zero-order valence-corrected chi connectivity index (χ0v) is 6.70. The summed E-state index contributed by atoms with van der Waals surface area (Å²) in [4.78, 5) is 10.9. The minimum absolute atomic E-state index is 0.307. The fraction of sp³-hybridized carbons (Fsp3) is 0. The van der Waals surface area contributed by atoms with Crippen LogP contribution in [0.3, 0.4) is 0 Å². The van der Waals surface area contributed by atoms with E-state index in [0.29, 0.717) is 5.56 Å². The van der Waals surface area contributed by atoms with Crippen molar-refractivity contribution in [3.63, 3.8) is 0 Å². The maximum Gasteiger partial charge on any atom is 0.448 e. The van der Waals surface area contributed by atoms with Crippen LogP contribution in [0.25, 0.3) is 0 Å². The van der Waals surface area contributed by atoms with Gasteiger partial charge in [0.2, 0.25) is 0 Å². The van der Waals surface area contributed by atoms with Gasteiger partial charge in [0.05, 0.1) is 0 Å². The van der Waals surface area contributed by atoms with Crippen LogP contribution < -0.4 is 5.09 Å². The zero-order valence-electron chi connectivity index (χ0n) is 5.70. The number of hydrogen-bond acceptors (Lipinski definition) is 2. The lowest BCUT2D eigenvalue weighted by Gasteiger charge is -1.91. The van der Waals surface area contributed by atoms with Gasteiger partial charge in [0.25, 0.3) is 5.91 Å². The Morgan fingerprint density at radius 3 is 2.45 bits per heavy atom. The molecule has 0 aliphatic heterocycles. The summed E-state index contributed by atoms with van der Waals surface area (Å²) in [5.41, 5.74) is 0.524. The third kappa shape index (κ3) is 2.13. The van der Waals surface area contributed by atoms with E-state index in [4.69, 9.17) is 0 Å². The van der Waals surface area contributed by atoms with E-state index >= 15 is 0 Å². The van der Waals surface area contributed by atoms with E-state index in [9.17, 15) is 9.36 Å². The molecule has 1 unspecified atom stereocenters. The lowest BCUT2D eigenvalue weighted by atomic mass is 10.2. The van der Waals surface area contributed by atoms with Gasteiger partial charge in [-0.15, -0.1) is 5.09 Å². The first-order valence-electron chi connectivity index (χ1n) is 3.07. The second-order valence-corrected chi connectivity index (χ2v) is 2.38. The molecule has 1 aromatic carbocycles. The average Bonchev–Trinajstić information content (AvgIpc) is 2.07. The van der Waals surface area contributed by atoms with Crippen molar-refractivity contribution in [2.45, 2.75) is 0 Å². The summed E-state index contributed by atoms with van der Waals surface area (Å²) in [7, 11) is -0.786. The molecule has 0 spiro atoms. The molecule has 0 radical (unpaired) electrons. The summed E-state index contributed by atoms with van der Waals surface area (Å²) in [6, 6.07) is 8.65. The SMILES string of the molecule is O=[PH+]NC(=O)c1ccccc1. The summed E-state index contributed by atoms with van der Waals surface area (Å²) in [5, 5.41) is 2.20. The molecule has 1 N–H and O–H groups in total. The van der Waals surface area contributed by atoms with E-state index in [1.165, 1.54) is 0 Å². The Morgan fingerprint density at radius 2 is 1.91 bits per heavy atom. The Balaban J connectivity index is 2.77. The normalized spacial score (nSPS) is 9.45. The van der Waals surface area contributed by atoms with Crippen molar-refractivity contribution < 1.29 is 9.36 Å². The fourth-order valence-electron chi connectivity index (χ4n) is 0.708. The number of carbonyl (C=O) groups excluding carboxylic acids is 1. The molecule has 0 saturated carbocycles. The van der Waals surface area contributed by atoms with E-state index in [1.54, 1.807) is 24.3 Å². The van der Waals surface area contributed by atoms with Crippen LogP contribution in [0.15, 0.2) is 30.3 Å². The van der Waals surface area contributed by atoms with Gasteiger partial charge in [-0.1, -0.05) is 18.2 Å². The highest BCUT2D eigenvalue weighted by atomic mass is 31.1. The molecular weight excluding hydrogens is 161 g/mol. The highest BCUT2D eigenvalue weighted by Crippen LogP contribution is 1.99. The molecule has 0 aliphatic carbocycles. The first-order chi connectivity index (χ1) is 5.34. The van der Waals surface area contributed by atoms with E-state index in [0.717, 1.165) is 0 Å². The minimum atomic E-state index is -0.786. The van der Waals surface area contributed by atoms with Crippen LogP contribution in [0.2, 0.25) is 0 Å². The minimum Gasteiger partial charge on any atom is -0.265 e. The second kappa shape index (κ2) is 3.84. The Labute approximate surface area is 65.7 Å². The summed E-state index contributed by atoms with van der Waals surface area (Å²) in [5.74, 6) is -0.307. The predicted octanol–water partition coefficient (Wildman–Crippen LogP) is 1.36. The Hall–Kier alpha value is -1.21. The van der Waals surface area contributed by atoms with Gasteiger partial charge in [0.1, 0.15) is 0 Å². The van der Waals surface area contributed by atoms with Gasteiger partial charge < -0.3 is 0 Å². The first kappa shape index (κ1) is 7.89. The molecule has 56 valence electrons. The van der Waals surface area contributed by atoms with Crippen molar-refractivity contribution in [3.05, 3.63) is 35.9 Å². The Kier molecular flexibility index (Phi) is 2.75. The predicted molar refractivity (Wildman–Crippen MR) is 42.9 cm³/mol. The van der Waals surface area contributed by atoms with Crippen molar-refractivity contribution in [2.75, 3.05) is 0 Å². The number of nitrogens with one attached hydrogen (secondary N) is 1. The maximum absolute atomic E-state index is 10.9. The number of carbonyl (C=O) groups is 1. The molecule has 0 bridgehead atoms. The van der Waals surface area contributed by atoms with Crippen LogP contribution in [0.5, 0.6) is 0 Å². The molecule has 0 saturated heterocycles. The van der Waals surface area contributed by atoms with E-state index in [2.05, 4.69) is 5.09 Å². The Bertz CT molecular complexity index is 260. The molecule has 3 nitrogen and oxygen atoms in total. The largest absolute Gasteiger partial charge is 0.448 e. The molecule has 4 heteroatoms. The van der Waals surface area contributed by atoms with Gasteiger partial charge in [0.15, 0.2) is 0 Å². The molecule has 1 amide bonds. The summed E-state index contributed by atoms with van der Waals surface area (Å²) < 4.78 is 10.0. The summed E-state index contributed by atoms with van der Waals surface area (Å²) in [6.45, 7) is 0. The van der Waals surface area contributed by atoms with Crippen molar-refractivity contribution >= 4 is 14.5 Å². The molecular formula is C7H7NO2P+. The van der Waals surface area contributed by atoms with Crippen molar-refractivity contribution in [2.24, 2.45) is 0 Å². The quantitative estimate of drug-likeness (QED) is 0.677. The van der Waals surface area contributed by atoms with E-state index in [1.807, 2.05) is 6.07 Å². The van der Waals surface area contributed by atoms with Crippen LogP contribution >= 0.6 is 8.61 Å². The fourth-order valence-corrected chi connectivity index (χ4v) is 0.945. The molecule has 0 fully saturated rings. The molecule has 0 aromatic heterocycles. The van der Waals surface area contributed by atoms with Crippen LogP contribution in [-0.4, -0.2) is 5.91 Å². The molecule has 1 rings (SSSR count). The summed E-state index contributed by atoms with van der Waals surface area (Å²) >= 11 is 0. The van der Waals surface area contributed by atoms with Crippen molar-refractivity contribution in [1.82, 2.24) is 5.09 Å². The number of benzene rings is 1. The number of rotatable bonds is 2. The Morgan fingerprint density at radius 1 is 1.27 bits per heavy atom. The maximum atomic E-state index is 10.9. The van der Waals surface area contributed by atoms with Crippen molar-refractivity contribution in [3.8, 4) is 0 Å². The topological polar surface area (TPSA) is 46.2 Å². The highest BCUT2D eigenvalue weighted by molar-refractivity contribution is 7.22. The van der Waals surface area contributed by atoms with Crippen LogP contribution in [-0.2, 0) is 4.57 Å². The smallest absolute Gasteiger partial charge is 0.265 e. The van der Waals surface area contributed by atoms with Gasteiger partial charge in [-0.25, -0.2) is 0 Å². The van der Waals surface area contributed by atoms with Gasteiger partial charge in [-0.3, -0.25) is 4.79 Å². The van der Waals surface area contributed by atoms with Gasteiger partial charge in [0, 0.05) is 5.56 Å². The summed E-state index contributed by atoms with van der Waals surface area (Å²) in [6.07, 6.45) is 0.